The zero-order chi connectivity index (χ0) is 18.1. The maximum atomic E-state index is 12.8. The first-order valence-corrected chi connectivity index (χ1v) is 10.4. The summed E-state index contributed by atoms with van der Waals surface area (Å²) >= 11 is 0. The van der Waals surface area contributed by atoms with Crippen molar-refractivity contribution in [2.75, 3.05) is 13.1 Å². The molecular formula is C19H29NO3S. The Morgan fingerprint density at radius 2 is 1.79 bits per heavy atom. The van der Waals surface area contributed by atoms with Crippen LogP contribution in [0.4, 0.5) is 0 Å². The summed E-state index contributed by atoms with van der Waals surface area (Å²) in [6, 6.07) is 5.80. The van der Waals surface area contributed by atoms with Gasteiger partial charge in [-0.15, -0.1) is 0 Å². The Hall–Kier alpha value is -1.36. The molecule has 1 heterocycles. The van der Waals surface area contributed by atoms with Crippen LogP contribution in [0.1, 0.15) is 43.9 Å². The normalized spacial score (nSPS) is 23.1. The second-order valence-corrected chi connectivity index (χ2v) is 9.89. The van der Waals surface area contributed by atoms with Crippen LogP contribution in [0, 0.1) is 25.7 Å². The van der Waals surface area contributed by atoms with E-state index in [9.17, 15) is 13.2 Å². The minimum Gasteiger partial charge on any atom is -0.341 e. The van der Waals surface area contributed by atoms with Gasteiger partial charge < -0.3 is 4.90 Å². The van der Waals surface area contributed by atoms with Gasteiger partial charge in [0.05, 0.1) is 5.75 Å². The molecule has 134 valence electrons. The molecule has 1 amide bonds. The summed E-state index contributed by atoms with van der Waals surface area (Å²) in [5, 5.41) is -0.991. The lowest BCUT2D eigenvalue weighted by molar-refractivity contribution is -0.133. The number of aryl methyl sites for hydroxylation is 2. The largest absolute Gasteiger partial charge is 0.341 e. The summed E-state index contributed by atoms with van der Waals surface area (Å²) in [6.45, 7) is 10.9. The van der Waals surface area contributed by atoms with Gasteiger partial charge in [0.15, 0.2) is 9.84 Å². The van der Waals surface area contributed by atoms with Gasteiger partial charge >= 0.3 is 0 Å². The Morgan fingerprint density at radius 1 is 1.21 bits per heavy atom. The van der Waals surface area contributed by atoms with Crippen molar-refractivity contribution in [1.29, 1.82) is 0 Å². The minimum absolute atomic E-state index is 0.0770. The zero-order valence-corrected chi connectivity index (χ0v) is 16.2. The van der Waals surface area contributed by atoms with Crippen LogP contribution in [0.15, 0.2) is 18.2 Å². The van der Waals surface area contributed by atoms with Crippen molar-refractivity contribution >= 4 is 15.7 Å². The topological polar surface area (TPSA) is 54.5 Å². The number of carbonyl (C=O) groups is 1. The number of piperidine rings is 1. The lowest BCUT2D eigenvalue weighted by atomic mass is 9.92. The Bertz CT molecular complexity index is 701. The number of sulfone groups is 1. The molecule has 2 rings (SSSR count). The van der Waals surface area contributed by atoms with Crippen LogP contribution in [0.2, 0.25) is 0 Å². The van der Waals surface area contributed by atoms with E-state index in [1.807, 2.05) is 32.0 Å². The summed E-state index contributed by atoms with van der Waals surface area (Å²) in [7, 11) is -3.53. The smallest absolute Gasteiger partial charge is 0.240 e. The molecule has 0 saturated carbocycles. The summed E-state index contributed by atoms with van der Waals surface area (Å²) in [5.41, 5.74) is 2.77. The molecule has 0 N–H and O–H groups in total. The van der Waals surface area contributed by atoms with Crippen LogP contribution in [0.3, 0.4) is 0 Å². The van der Waals surface area contributed by atoms with Gasteiger partial charge in [0.2, 0.25) is 5.91 Å². The molecule has 1 saturated heterocycles. The Balaban J connectivity index is 2.16. The molecule has 1 aromatic rings. The highest BCUT2D eigenvalue weighted by Gasteiger charge is 2.34. The molecular weight excluding hydrogens is 322 g/mol. The zero-order valence-electron chi connectivity index (χ0n) is 15.4. The minimum atomic E-state index is -3.53. The first-order chi connectivity index (χ1) is 11.1. The van der Waals surface area contributed by atoms with E-state index < -0.39 is 15.1 Å². The molecule has 1 aromatic carbocycles. The van der Waals surface area contributed by atoms with Gasteiger partial charge in [-0.2, -0.15) is 0 Å². The van der Waals surface area contributed by atoms with E-state index in [1.165, 1.54) is 6.92 Å². The molecule has 5 heteroatoms. The van der Waals surface area contributed by atoms with Gasteiger partial charge in [-0.3, -0.25) is 4.79 Å². The number of rotatable bonds is 4. The molecule has 1 aliphatic rings. The second-order valence-electron chi connectivity index (χ2n) is 7.57. The lowest BCUT2D eigenvalue weighted by Gasteiger charge is -2.36. The highest BCUT2D eigenvalue weighted by atomic mass is 32.2. The third-order valence-corrected chi connectivity index (χ3v) is 6.92. The third-order valence-electron chi connectivity index (χ3n) is 4.93. The summed E-state index contributed by atoms with van der Waals surface area (Å²) < 4.78 is 25.5. The van der Waals surface area contributed by atoms with Crippen LogP contribution in [-0.4, -0.2) is 37.6 Å². The van der Waals surface area contributed by atoms with Crippen molar-refractivity contribution in [3.63, 3.8) is 0 Å². The molecule has 1 aliphatic heterocycles. The Morgan fingerprint density at radius 3 is 2.38 bits per heavy atom. The van der Waals surface area contributed by atoms with E-state index in [2.05, 4.69) is 13.8 Å². The fraction of sp³-hybridized carbons (Fsp3) is 0.632. The quantitative estimate of drug-likeness (QED) is 0.837. The van der Waals surface area contributed by atoms with Gasteiger partial charge in [0, 0.05) is 13.1 Å². The average molecular weight is 352 g/mol. The first kappa shape index (κ1) is 19.0. The van der Waals surface area contributed by atoms with E-state index >= 15 is 0 Å². The van der Waals surface area contributed by atoms with Crippen molar-refractivity contribution in [1.82, 2.24) is 4.90 Å². The number of nitrogens with zero attached hydrogens (tertiary/aromatic N) is 1. The number of hydrogen-bond acceptors (Lipinski definition) is 3. The van der Waals surface area contributed by atoms with Crippen LogP contribution in [-0.2, 0) is 20.4 Å². The van der Waals surface area contributed by atoms with Gasteiger partial charge in [0.25, 0.3) is 0 Å². The second kappa shape index (κ2) is 7.26. The lowest BCUT2D eigenvalue weighted by Crippen LogP contribution is -2.48. The third kappa shape index (κ3) is 4.38. The van der Waals surface area contributed by atoms with Crippen molar-refractivity contribution in [2.24, 2.45) is 11.8 Å². The molecule has 0 aliphatic carbocycles. The summed E-state index contributed by atoms with van der Waals surface area (Å²) in [4.78, 5) is 14.5. The highest BCUT2D eigenvalue weighted by molar-refractivity contribution is 7.92. The molecule has 24 heavy (non-hydrogen) atoms. The molecule has 0 spiro atoms. The highest BCUT2D eigenvalue weighted by Crippen LogP contribution is 2.24. The Kier molecular flexibility index (Phi) is 5.74. The van der Waals surface area contributed by atoms with Crippen LogP contribution < -0.4 is 0 Å². The number of benzene rings is 1. The molecule has 0 bridgehead atoms. The van der Waals surface area contributed by atoms with E-state index in [1.54, 1.807) is 4.90 Å². The van der Waals surface area contributed by atoms with Crippen LogP contribution >= 0.6 is 0 Å². The van der Waals surface area contributed by atoms with Crippen molar-refractivity contribution in [3.8, 4) is 0 Å². The summed E-state index contributed by atoms with van der Waals surface area (Å²) in [5.74, 6) is 0.517. The van der Waals surface area contributed by atoms with Gasteiger partial charge in [-0.25, -0.2) is 8.42 Å². The van der Waals surface area contributed by atoms with Crippen molar-refractivity contribution in [2.45, 2.75) is 52.0 Å². The van der Waals surface area contributed by atoms with Crippen molar-refractivity contribution in [3.05, 3.63) is 34.9 Å². The molecule has 0 radical (unpaired) electrons. The molecule has 3 atom stereocenters. The monoisotopic (exact) mass is 351 g/mol. The van der Waals surface area contributed by atoms with E-state index in [0.717, 1.165) is 23.1 Å². The Labute approximate surface area is 146 Å². The fourth-order valence-electron chi connectivity index (χ4n) is 3.55. The molecule has 0 aromatic heterocycles. The summed E-state index contributed by atoms with van der Waals surface area (Å²) in [6.07, 6.45) is 1.09. The predicted octanol–water partition coefficient (Wildman–Crippen LogP) is 3.11. The van der Waals surface area contributed by atoms with Gasteiger partial charge in [0.1, 0.15) is 5.25 Å². The van der Waals surface area contributed by atoms with E-state index in [0.29, 0.717) is 24.9 Å². The molecule has 3 unspecified atom stereocenters. The standard InChI is InChI=1S/C19H29NO3S/c1-13-6-7-16(4)18(9-13)12-24(22,23)17(5)19(21)20-10-14(2)8-15(3)11-20/h6-7,9,14-15,17H,8,10-12H2,1-5H3. The van der Waals surface area contributed by atoms with E-state index in [-0.39, 0.29) is 11.7 Å². The molecule has 1 fully saturated rings. The number of hydrogen-bond donors (Lipinski definition) is 0. The maximum absolute atomic E-state index is 12.8. The van der Waals surface area contributed by atoms with Crippen LogP contribution in [0.25, 0.3) is 0 Å². The van der Waals surface area contributed by atoms with Gasteiger partial charge in [-0.05, 0) is 50.2 Å². The first-order valence-electron chi connectivity index (χ1n) is 8.66. The number of amides is 1. The van der Waals surface area contributed by atoms with Crippen molar-refractivity contribution < 1.29 is 13.2 Å². The average Bonchev–Trinajstić information content (AvgIpc) is 2.48. The number of likely N-dealkylation sites (tertiary alicyclic amines) is 1. The fourth-order valence-corrected chi connectivity index (χ4v) is 5.00. The van der Waals surface area contributed by atoms with Gasteiger partial charge in [-0.1, -0.05) is 37.6 Å². The molecule has 4 nitrogen and oxygen atoms in total. The van der Waals surface area contributed by atoms with Crippen LogP contribution in [0.5, 0.6) is 0 Å². The SMILES string of the molecule is Cc1ccc(C)c(CS(=O)(=O)C(C)C(=O)N2CC(C)CC(C)C2)c1. The van der Waals surface area contributed by atoms with E-state index in [4.69, 9.17) is 0 Å². The number of carbonyl (C=O) groups excluding carboxylic acids is 1. The maximum Gasteiger partial charge on any atom is 0.240 e. The predicted molar refractivity (Wildman–Crippen MR) is 97.5 cm³/mol.